The van der Waals surface area contributed by atoms with Gasteiger partial charge in [-0.1, -0.05) is 15.9 Å². The molecule has 5 heteroatoms. The minimum absolute atomic E-state index is 0.0853. The van der Waals surface area contributed by atoms with E-state index in [1.807, 2.05) is 19.9 Å². The second-order valence-corrected chi connectivity index (χ2v) is 5.65. The molecular weight excluding hydrogens is 298 g/mol. The Hall–Kier alpha value is -1.07. The van der Waals surface area contributed by atoms with Crippen molar-refractivity contribution in [3.05, 3.63) is 27.2 Å². The lowest BCUT2D eigenvalue weighted by Crippen LogP contribution is -2.17. The number of aryl methyl sites for hydroxylation is 1. The summed E-state index contributed by atoms with van der Waals surface area (Å²) in [5, 5.41) is 22.4. The largest absolute Gasteiger partial charge is 0.507 e. The molecule has 0 saturated carbocycles. The van der Waals surface area contributed by atoms with Crippen molar-refractivity contribution in [2.45, 2.75) is 26.3 Å². The summed E-state index contributed by atoms with van der Waals surface area (Å²) < 4.78 is 0.869. The third-order valence-electron chi connectivity index (χ3n) is 3.57. The number of hydrogen-bond donors (Lipinski definition) is 3. The Morgan fingerprint density at radius 3 is 2.72 bits per heavy atom. The first-order valence-corrected chi connectivity index (χ1v) is 6.65. The molecule has 1 fully saturated rings. The van der Waals surface area contributed by atoms with Gasteiger partial charge >= 0.3 is 5.97 Å². The van der Waals surface area contributed by atoms with Crippen LogP contribution >= 0.6 is 15.9 Å². The number of phenolic OH excluding ortho intramolecular Hbond substituents is 1. The molecule has 2 rings (SSSR count). The van der Waals surface area contributed by atoms with E-state index >= 15 is 0 Å². The highest BCUT2D eigenvalue weighted by molar-refractivity contribution is 9.10. The minimum Gasteiger partial charge on any atom is -0.507 e. The summed E-state index contributed by atoms with van der Waals surface area (Å²) in [7, 11) is 0. The highest BCUT2D eigenvalue weighted by Crippen LogP contribution is 2.39. The fourth-order valence-corrected chi connectivity index (χ4v) is 2.99. The van der Waals surface area contributed by atoms with Gasteiger partial charge in [-0.05, 0) is 31.9 Å². The Morgan fingerprint density at radius 2 is 2.17 bits per heavy atom. The fourth-order valence-electron chi connectivity index (χ4n) is 2.46. The van der Waals surface area contributed by atoms with Gasteiger partial charge in [-0.25, -0.2) is 0 Å². The van der Waals surface area contributed by atoms with E-state index in [-0.39, 0.29) is 17.7 Å². The minimum atomic E-state index is -0.782. The smallest absolute Gasteiger partial charge is 0.307 e. The summed E-state index contributed by atoms with van der Waals surface area (Å²) in [5.41, 5.74) is 2.57. The van der Waals surface area contributed by atoms with Crippen LogP contribution in [-0.4, -0.2) is 22.7 Å². The maximum atomic E-state index is 11.0. The van der Waals surface area contributed by atoms with Gasteiger partial charge in [-0.15, -0.1) is 0 Å². The zero-order valence-corrected chi connectivity index (χ0v) is 11.9. The number of halogens is 1. The van der Waals surface area contributed by atoms with E-state index in [0.29, 0.717) is 13.0 Å². The van der Waals surface area contributed by atoms with Crippen molar-refractivity contribution >= 4 is 21.9 Å². The maximum absolute atomic E-state index is 11.0. The van der Waals surface area contributed by atoms with Crippen LogP contribution in [0.15, 0.2) is 10.5 Å². The van der Waals surface area contributed by atoms with Crippen LogP contribution in [0.25, 0.3) is 0 Å². The number of carbonyl (C=O) groups is 1. The van der Waals surface area contributed by atoms with E-state index in [4.69, 9.17) is 5.11 Å². The molecule has 0 spiro atoms. The first-order chi connectivity index (χ1) is 8.41. The van der Waals surface area contributed by atoms with Gasteiger partial charge in [0.15, 0.2) is 0 Å². The van der Waals surface area contributed by atoms with Crippen LogP contribution in [0.2, 0.25) is 0 Å². The summed E-state index contributed by atoms with van der Waals surface area (Å²) in [6.45, 7) is 4.22. The van der Waals surface area contributed by atoms with E-state index in [1.165, 1.54) is 0 Å². The topological polar surface area (TPSA) is 69.6 Å². The first-order valence-electron chi connectivity index (χ1n) is 5.86. The second-order valence-electron chi connectivity index (χ2n) is 4.79. The van der Waals surface area contributed by atoms with Crippen molar-refractivity contribution in [1.82, 2.24) is 5.32 Å². The van der Waals surface area contributed by atoms with Crippen LogP contribution in [0.1, 0.15) is 29.2 Å². The highest BCUT2D eigenvalue weighted by Gasteiger charge is 2.32. The van der Waals surface area contributed by atoms with Gasteiger partial charge in [0.05, 0.1) is 5.92 Å². The number of carboxylic acid groups (broad SMARTS) is 1. The van der Waals surface area contributed by atoms with Crippen LogP contribution in [0, 0.1) is 19.8 Å². The molecule has 18 heavy (non-hydrogen) atoms. The van der Waals surface area contributed by atoms with Crippen LogP contribution in [-0.2, 0) is 4.79 Å². The molecule has 3 N–H and O–H groups in total. The molecule has 0 radical (unpaired) electrons. The van der Waals surface area contributed by atoms with Gasteiger partial charge in [0.25, 0.3) is 0 Å². The zero-order chi connectivity index (χ0) is 13.4. The molecule has 0 amide bonds. The average Bonchev–Trinajstić information content (AvgIpc) is 2.75. The summed E-state index contributed by atoms with van der Waals surface area (Å²) in [6.07, 6.45) is 0.519. The molecule has 2 unspecified atom stereocenters. The Morgan fingerprint density at radius 1 is 1.50 bits per heavy atom. The van der Waals surface area contributed by atoms with E-state index in [9.17, 15) is 9.90 Å². The summed E-state index contributed by atoms with van der Waals surface area (Å²) >= 11 is 3.40. The van der Waals surface area contributed by atoms with Gasteiger partial charge in [-0.2, -0.15) is 0 Å². The fraction of sp³-hybridized carbons (Fsp3) is 0.462. The lowest BCUT2D eigenvalue weighted by atomic mass is 9.94. The van der Waals surface area contributed by atoms with Crippen LogP contribution in [0.3, 0.4) is 0 Å². The van der Waals surface area contributed by atoms with E-state index in [2.05, 4.69) is 21.2 Å². The summed E-state index contributed by atoms with van der Waals surface area (Å²) in [6, 6.07) is 1.87. The zero-order valence-electron chi connectivity index (χ0n) is 10.3. The van der Waals surface area contributed by atoms with Crippen molar-refractivity contribution < 1.29 is 15.0 Å². The number of aliphatic carboxylic acids is 1. The molecule has 1 aromatic rings. The Labute approximate surface area is 114 Å². The molecule has 2 atom stereocenters. The maximum Gasteiger partial charge on any atom is 0.307 e. The molecule has 1 aliphatic rings. The monoisotopic (exact) mass is 313 g/mol. The predicted octanol–water partition coefficient (Wildman–Crippen LogP) is 2.51. The van der Waals surface area contributed by atoms with Gasteiger partial charge in [0, 0.05) is 28.2 Å². The van der Waals surface area contributed by atoms with E-state index < -0.39 is 5.97 Å². The third kappa shape index (κ3) is 2.24. The predicted molar refractivity (Wildman–Crippen MR) is 71.8 cm³/mol. The van der Waals surface area contributed by atoms with Gasteiger partial charge in [-0.3, -0.25) is 4.79 Å². The van der Waals surface area contributed by atoms with E-state index in [1.54, 1.807) is 0 Å². The number of hydrogen-bond acceptors (Lipinski definition) is 3. The summed E-state index contributed by atoms with van der Waals surface area (Å²) in [5.74, 6) is -0.904. The van der Waals surface area contributed by atoms with Crippen molar-refractivity contribution in [3.8, 4) is 5.75 Å². The average molecular weight is 314 g/mol. The lowest BCUT2D eigenvalue weighted by Gasteiger charge is -2.18. The number of aromatic hydroxyl groups is 1. The van der Waals surface area contributed by atoms with Crippen LogP contribution < -0.4 is 5.32 Å². The molecule has 0 bridgehead atoms. The van der Waals surface area contributed by atoms with Crippen molar-refractivity contribution in [3.63, 3.8) is 0 Å². The number of nitrogens with one attached hydrogen (secondary N) is 1. The normalized spacial score (nSPS) is 23.3. The lowest BCUT2D eigenvalue weighted by molar-refractivity contribution is -0.141. The second kappa shape index (κ2) is 4.90. The molecule has 1 aliphatic heterocycles. The number of benzene rings is 1. The molecular formula is C13H16BrNO3. The number of rotatable bonds is 2. The van der Waals surface area contributed by atoms with Crippen LogP contribution in [0.4, 0.5) is 0 Å². The SMILES string of the molecule is Cc1cc(Br)c(C)c(O)c1C1CC(C(=O)O)CN1. The molecule has 0 aromatic heterocycles. The van der Waals surface area contributed by atoms with Crippen LogP contribution in [0.5, 0.6) is 5.75 Å². The molecule has 1 saturated heterocycles. The van der Waals surface area contributed by atoms with Crippen molar-refractivity contribution in [1.29, 1.82) is 0 Å². The molecule has 4 nitrogen and oxygen atoms in total. The first kappa shape index (κ1) is 13.4. The molecule has 98 valence electrons. The van der Waals surface area contributed by atoms with Crippen molar-refractivity contribution in [2.75, 3.05) is 6.54 Å². The van der Waals surface area contributed by atoms with Crippen molar-refractivity contribution in [2.24, 2.45) is 5.92 Å². The van der Waals surface area contributed by atoms with Gasteiger partial charge < -0.3 is 15.5 Å². The molecule has 1 heterocycles. The number of carboxylic acids is 1. The van der Waals surface area contributed by atoms with Gasteiger partial charge in [0.1, 0.15) is 5.75 Å². The third-order valence-corrected chi connectivity index (χ3v) is 4.39. The Balaban J connectivity index is 2.36. The molecule has 0 aliphatic carbocycles. The Kier molecular flexibility index (Phi) is 3.64. The number of phenols is 1. The standard InChI is InChI=1S/C13H16BrNO3/c1-6-3-9(14)7(2)12(16)11(6)10-4-8(5-15-10)13(17)18/h3,8,10,15-16H,4-5H2,1-2H3,(H,17,18). The van der Waals surface area contributed by atoms with E-state index in [0.717, 1.165) is 21.2 Å². The quantitative estimate of drug-likeness (QED) is 0.784. The highest BCUT2D eigenvalue weighted by atomic mass is 79.9. The molecule has 1 aromatic carbocycles. The Bertz CT molecular complexity index is 501. The summed E-state index contributed by atoms with van der Waals surface area (Å²) in [4.78, 5) is 11.0. The van der Waals surface area contributed by atoms with Gasteiger partial charge in [0.2, 0.25) is 0 Å².